The summed E-state index contributed by atoms with van der Waals surface area (Å²) in [4.78, 5) is 26.5. The summed E-state index contributed by atoms with van der Waals surface area (Å²) in [6, 6.07) is 19.1. The standard InChI is InChI=1S/C33H44N2O2/c1-2-3-4-5-6-7-8-9-10-11-12-13-14-15-22-27-30(36)31-32(28-23-18-16-19-24-28)34-35(33(31)37)29-25-20-17-21-26-29/h9-10,16-21,23-26,34H,2-8,11-15,22,27H2,1H3/b10-9-. The minimum absolute atomic E-state index is 0.0765. The van der Waals surface area contributed by atoms with Crippen LogP contribution in [0.2, 0.25) is 0 Å². The van der Waals surface area contributed by atoms with Gasteiger partial charge in [-0.2, -0.15) is 0 Å². The molecule has 4 nitrogen and oxygen atoms in total. The van der Waals surface area contributed by atoms with Gasteiger partial charge in [-0.15, -0.1) is 0 Å². The zero-order chi connectivity index (χ0) is 26.1. The number of carbonyl (C=O) groups is 1. The van der Waals surface area contributed by atoms with Gasteiger partial charge in [0.25, 0.3) is 5.56 Å². The number of Topliss-reactive ketones (excluding diaryl/α,β-unsaturated/α-hetero) is 1. The van der Waals surface area contributed by atoms with Gasteiger partial charge in [0.1, 0.15) is 5.56 Å². The Morgan fingerprint density at radius 1 is 0.730 bits per heavy atom. The summed E-state index contributed by atoms with van der Waals surface area (Å²) < 4.78 is 1.48. The molecule has 198 valence electrons. The highest BCUT2D eigenvalue weighted by Crippen LogP contribution is 2.22. The molecule has 0 aliphatic heterocycles. The second kappa shape index (κ2) is 16.6. The average molecular weight is 501 g/mol. The quantitative estimate of drug-likeness (QED) is 0.108. The molecule has 1 heterocycles. The van der Waals surface area contributed by atoms with Gasteiger partial charge in [-0.05, 0) is 44.2 Å². The van der Waals surface area contributed by atoms with Crippen molar-refractivity contribution in [2.45, 2.75) is 96.8 Å². The highest BCUT2D eigenvalue weighted by Gasteiger charge is 2.22. The van der Waals surface area contributed by atoms with E-state index in [1.807, 2.05) is 60.7 Å². The molecule has 0 aliphatic carbocycles. The molecule has 0 amide bonds. The van der Waals surface area contributed by atoms with Gasteiger partial charge >= 0.3 is 0 Å². The number of H-pyrrole nitrogens is 1. The first kappa shape index (κ1) is 28.4. The van der Waals surface area contributed by atoms with Crippen LogP contribution in [-0.2, 0) is 0 Å². The van der Waals surface area contributed by atoms with Crippen molar-refractivity contribution in [2.75, 3.05) is 0 Å². The number of rotatable bonds is 18. The minimum Gasteiger partial charge on any atom is -0.294 e. The van der Waals surface area contributed by atoms with Gasteiger partial charge in [-0.1, -0.05) is 119 Å². The van der Waals surface area contributed by atoms with Gasteiger partial charge in [-0.3, -0.25) is 14.7 Å². The Kier molecular flexibility index (Phi) is 12.7. The number of allylic oxidation sites excluding steroid dienone is 2. The molecule has 0 atom stereocenters. The molecule has 0 saturated heterocycles. The summed E-state index contributed by atoms with van der Waals surface area (Å²) in [5.74, 6) is -0.0765. The molecule has 0 bridgehead atoms. The molecule has 0 fully saturated rings. The Morgan fingerprint density at radius 2 is 1.27 bits per heavy atom. The lowest BCUT2D eigenvalue weighted by molar-refractivity contribution is 0.0978. The SMILES string of the molecule is CCCCCCCC/C=C\CCCCCCCC(=O)c1c(-c2ccccc2)[nH]n(-c2ccccc2)c1=O. The third-order valence-corrected chi connectivity index (χ3v) is 6.91. The number of hydrogen-bond acceptors (Lipinski definition) is 2. The van der Waals surface area contributed by atoms with E-state index in [0.717, 1.165) is 36.9 Å². The van der Waals surface area contributed by atoms with E-state index in [1.165, 1.54) is 62.5 Å². The third kappa shape index (κ3) is 9.35. The lowest BCUT2D eigenvalue weighted by atomic mass is 10.0. The normalized spacial score (nSPS) is 11.4. The fourth-order valence-corrected chi connectivity index (χ4v) is 4.75. The van der Waals surface area contributed by atoms with Crippen molar-refractivity contribution in [3.63, 3.8) is 0 Å². The van der Waals surface area contributed by atoms with Crippen molar-refractivity contribution in [1.29, 1.82) is 0 Å². The molecular formula is C33H44N2O2. The van der Waals surface area contributed by atoms with E-state index >= 15 is 0 Å². The summed E-state index contributed by atoms with van der Waals surface area (Å²) in [5.41, 5.74) is 2.17. The fourth-order valence-electron chi connectivity index (χ4n) is 4.75. The third-order valence-electron chi connectivity index (χ3n) is 6.91. The number of benzene rings is 2. The molecule has 0 unspecified atom stereocenters. The van der Waals surface area contributed by atoms with E-state index in [4.69, 9.17) is 0 Å². The Labute approximate surface area is 222 Å². The molecule has 2 aromatic carbocycles. The van der Waals surface area contributed by atoms with Crippen molar-refractivity contribution >= 4 is 5.78 Å². The predicted octanol–water partition coefficient (Wildman–Crippen LogP) is 9.05. The maximum Gasteiger partial charge on any atom is 0.282 e. The number of nitrogens with one attached hydrogen (secondary N) is 1. The molecular weight excluding hydrogens is 456 g/mol. The van der Waals surface area contributed by atoms with Crippen molar-refractivity contribution in [3.05, 3.63) is 88.7 Å². The second-order valence-electron chi connectivity index (χ2n) is 9.96. The van der Waals surface area contributed by atoms with Crippen molar-refractivity contribution < 1.29 is 4.79 Å². The van der Waals surface area contributed by atoms with Crippen molar-refractivity contribution in [3.8, 4) is 16.9 Å². The largest absolute Gasteiger partial charge is 0.294 e. The summed E-state index contributed by atoms with van der Waals surface area (Å²) in [6.45, 7) is 2.26. The average Bonchev–Trinajstić information content (AvgIpc) is 3.28. The number of nitrogens with zero attached hydrogens (tertiary/aromatic N) is 1. The second-order valence-corrected chi connectivity index (χ2v) is 9.96. The number of aromatic amines is 1. The van der Waals surface area contributed by atoms with E-state index in [2.05, 4.69) is 24.2 Å². The summed E-state index contributed by atoms with van der Waals surface area (Å²) in [7, 11) is 0. The van der Waals surface area contributed by atoms with Gasteiger partial charge in [0, 0.05) is 12.0 Å². The molecule has 0 aliphatic rings. The number of carbonyl (C=O) groups excluding carboxylic acids is 1. The van der Waals surface area contributed by atoms with E-state index in [-0.39, 0.29) is 16.9 Å². The van der Waals surface area contributed by atoms with E-state index in [1.54, 1.807) is 0 Å². The van der Waals surface area contributed by atoms with Gasteiger partial charge in [0.15, 0.2) is 5.78 Å². The van der Waals surface area contributed by atoms with E-state index in [9.17, 15) is 9.59 Å². The van der Waals surface area contributed by atoms with Crippen LogP contribution in [0.5, 0.6) is 0 Å². The monoisotopic (exact) mass is 500 g/mol. The highest BCUT2D eigenvalue weighted by molar-refractivity contribution is 6.01. The maximum absolute atomic E-state index is 13.3. The Balaban J connectivity index is 1.42. The van der Waals surface area contributed by atoms with Gasteiger partial charge in [0.05, 0.1) is 11.4 Å². The molecule has 0 saturated carbocycles. The molecule has 3 aromatic rings. The van der Waals surface area contributed by atoms with Crippen LogP contribution >= 0.6 is 0 Å². The first-order valence-electron chi connectivity index (χ1n) is 14.4. The first-order chi connectivity index (χ1) is 18.2. The Morgan fingerprint density at radius 3 is 1.89 bits per heavy atom. The van der Waals surface area contributed by atoms with Gasteiger partial charge in [-0.25, -0.2) is 4.68 Å². The van der Waals surface area contributed by atoms with Gasteiger partial charge in [0.2, 0.25) is 0 Å². The number of hydrogen-bond donors (Lipinski definition) is 1. The molecule has 3 rings (SSSR count). The topological polar surface area (TPSA) is 54.9 Å². The number of ketones is 1. The summed E-state index contributed by atoms with van der Waals surface area (Å²) >= 11 is 0. The van der Waals surface area contributed by atoms with Crippen LogP contribution in [0, 0.1) is 0 Å². The number of para-hydroxylation sites is 1. The van der Waals surface area contributed by atoms with E-state index in [0.29, 0.717) is 12.1 Å². The zero-order valence-corrected chi connectivity index (χ0v) is 22.6. The highest BCUT2D eigenvalue weighted by atomic mass is 16.2. The van der Waals surface area contributed by atoms with E-state index < -0.39 is 0 Å². The van der Waals surface area contributed by atoms with Crippen LogP contribution < -0.4 is 5.56 Å². The predicted molar refractivity (Wildman–Crippen MR) is 156 cm³/mol. The first-order valence-corrected chi connectivity index (χ1v) is 14.4. The van der Waals surface area contributed by atoms with Crippen LogP contribution in [0.4, 0.5) is 0 Å². The van der Waals surface area contributed by atoms with Crippen molar-refractivity contribution in [1.82, 2.24) is 9.78 Å². The van der Waals surface area contributed by atoms with Crippen LogP contribution in [0.25, 0.3) is 16.9 Å². The van der Waals surface area contributed by atoms with Crippen LogP contribution in [0.15, 0.2) is 77.6 Å². The molecule has 4 heteroatoms. The lowest BCUT2D eigenvalue weighted by Gasteiger charge is -2.03. The fraction of sp³-hybridized carbons (Fsp3) is 0.455. The summed E-state index contributed by atoms with van der Waals surface area (Å²) in [6.07, 6.45) is 20.9. The smallest absolute Gasteiger partial charge is 0.282 e. The van der Waals surface area contributed by atoms with Gasteiger partial charge < -0.3 is 0 Å². The minimum atomic E-state index is -0.275. The molecule has 1 aromatic heterocycles. The van der Waals surface area contributed by atoms with Crippen molar-refractivity contribution in [2.24, 2.45) is 0 Å². The molecule has 0 radical (unpaired) electrons. The molecule has 37 heavy (non-hydrogen) atoms. The van der Waals surface area contributed by atoms with Crippen LogP contribution in [-0.4, -0.2) is 15.6 Å². The number of unbranched alkanes of at least 4 members (excludes halogenated alkanes) is 11. The van der Waals surface area contributed by atoms with Crippen LogP contribution in [0.3, 0.4) is 0 Å². The molecule has 0 spiro atoms. The number of aromatic nitrogens is 2. The Bertz CT molecular complexity index is 1130. The maximum atomic E-state index is 13.3. The zero-order valence-electron chi connectivity index (χ0n) is 22.6. The Hall–Kier alpha value is -3.14. The molecule has 1 N–H and O–H groups in total. The van der Waals surface area contributed by atoms with Crippen LogP contribution in [0.1, 0.15) is 107 Å². The summed E-state index contributed by atoms with van der Waals surface area (Å²) in [5, 5.41) is 3.19. The lowest BCUT2D eigenvalue weighted by Crippen LogP contribution is -2.20.